The van der Waals surface area contributed by atoms with Crippen molar-refractivity contribution < 1.29 is 98.0 Å². The predicted octanol–water partition coefficient (Wildman–Crippen LogP) is 10.8. The van der Waals surface area contributed by atoms with E-state index in [1.165, 1.54) is 138 Å². The lowest BCUT2D eigenvalue weighted by atomic mass is 10.1. The molecule has 12 aromatic rings. The first-order valence-corrected chi connectivity index (χ1v) is 30.3. The van der Waals surface area contributed by atoms with E-state index in [9.17, 15) is 89.4 Å². The molecular weight excluding hydrogens is 1480 g/mol. The van der Waals surface area contributed by atoms with Crippen molar-refractivity contribution in [2.24, 2.45) is 0 Å². The number of rotatable bonds is 20. The molecule has 0 unspecified atom stereocenters. The number of aromatic nitrogens is 17. The van der Waals surface area contributed by atoms with Crippen molar-refractivity contribution in [1.82, 2.24) is 84.0 Å². The van der Waals surface area contributed by atoms with Gasteiger partial charge in [-0.15, -0.1) is 0 Å². The van der Waals surface area contributed by atoms with Crippen molar-refractivity contribution in [3.8, 4) is 69.1 Å². The predicted molar refractivity (Wildman–Crippen MR) is 338 cm³/mol. The Kier molecular flexibility index (Phi) is 25.3. The second kappa shape index (κ2) is 34.6. The molecule has 10 heterocycles. The summed E-state index contributed by atoms with van der Waals surface area (Å²) in [4.78, 5) is 81.4. The van der Waals surface area contributed by atoms with Gasteiger partial charge in [0, 0.05) is 114 Å². The summed E-state index contributed by atoms with van der Waals surface area (Å²) in [5.74, 6) is -0.00171. The Balaban J connectivity index is 0.000000166. The summed E-state index contributed by atoms with van der Waals surface area (Å²) in [6.07, 6.45) is -8.28. The Morgan fingerprint density at radius 3 is 1.06 bits per heavy atom. The Morgan fingerprint density at radius 2 is 0.741 bits per heavy atom. The quantitative estimate of drug-likeness (QED) is 0.0640. The highest BCUT2D eigenvalue weighted by Crippen LogP contribution is 2.30. The lowest BCUT2D eigenvalue weighted by Gasteiger charge is -2.10. The summed E-state index contributed by atoms with van der Waals surface area (Å²) in [6.45, 7) is -4.29. The fourth-order valence-corrected chi connectivity index (χ4v) is 8.54. The number of hydrogen-bond acceptors (Lipinski definition) is 23. The minimum Gasteiger partial charge on any atom is -0.472 e. The van der Waals surface area contributed by atoms with Crippen LogP contribution in [0, 0.1) is 12.7 Å². The molecule has 0 saturated heterocycles. The number of halogens is 16. The molecule has 0 spiro atoms. The normalized spacial score (nSPS) is 11.6. The zero-order valence-electron chi connectivity index (χ0n) is 54.6. The van der Waals surface area contributed by atoms with Gasteiger partial charge in [-0.1, -0.05) is 30.3 Å². The van der Waals surface area contributed by atoms with E-state index in [0.29, 0.717) is 45.4 Å². The molecule has 43 heteroatoms. The van der Waals surface area contributed by atoms with Gasteiger partial charge >= 0.3 is 54.9 Å². The summed E-state index contributed by atoms with van der Waals surface area (Å²) in [7, 11) is 0. The van der Waals surface area contributed by atoms with Gasteiger partial charge in [0.1, 0.15) is 17.8 Å². The number of aryl methyl sites for hydroxylation is 1. The molecule has 12 rings (SSSR count). The molecule has 564 valence electrons. The first-order chi connectivity index (χ1) is 51.0. The molecule has 0 aliphatic heterocycles. The van der Waals surface area contributed by atoms with Gasteiger partial charge in [-0.2, -0.15) is 86.3 Å². The minimum absolute atomic E-state index is 0.0764. The van der Waals surface area contributed by atoms with Crippen molar-refractivity contribution in [3.63, 3.8) is 0 Å². The van der Waals surface area contributed by atoms with Crippen molar-refractivity contribution in [2.45, 2.75) is 64.0 Å². The summed E-state index contributed by atoms with van der Waals surface area (Å²) in [5, 5.41) is 16.6. The highest BCUT2D eigenvalue weighted by Gasteiger charge is 2.33. The van der Waals surface area contributed by atoms with E-state index < -0.39 is 104 Å². The van der Waals surface area contributed by atoms with E-state index in [-0.39, 0.29) is 59.7 Å². The maximum absolute atomic E-state index is 13.8. The fourth-order valence-electron chi connectivity index (χ4n) is 8.54. The van der Waals surface area contributed by atoms with Crippen LogP contribution >= 0.6 is 0 Å². The highest BCUT2D eigenvalue weighted by molar-refractivity contribution is 5.58. The van der Waals surface area contributed by atoms with Gasteiger partial charge in [-0.05, 0) is 54.1 Å². The summed E-state index contributed by atoms with van der Waals surface area (Å²) < 4.78 is 230. The average molecular weight is 1530 g/mol. The number of oxazole rings is 1. The number of alkyl halides is 15. The molecule has 0 radical (unpaired) electrons. The monoisotopic (exact) mass is 1530 g/mol. The van der Waals surface area contributed by atoms with Crippen molar-refractivity contribution in [1.29, 1.82) is 0 Å². The molecule has 10 aromatic heterocycles. The zero-order chi connectivity index (χ0) is 78.0. The van der Waals surface area contributed by atoms with Crippen LogP contribution in [0.15, 0.2) is 200 Å². The first kappa shape index (κ1) is 79.0. The number of ether oxygens (including phenoxy) is 4. The third kappa shape index (κ3) is 24.8. The van der Waals surface area contributed by atoms with E-state index in [1.807, 2.05) is 0 Å². The summed E-state index contributed by atoms with van der Waals surface area (Å²) >= 11 is 0. The molecule has 0 amide bonds. The third-order valence-electron chi connectivity index (χ3n) is 13.4. The maximum Gasteiger partial charge on any atom is 0.422 e. The SMILES string of the molecule is Cc1nc(Cn2nc(-c3cnc(OCC(F)(F)F)nc3)ccc2=O)co1.O=c1ccc(-c2cnc(OCC(F)(F)F)nc2)nn1Cc1cccc(C(F)(F)F)c1.O=c1ccc(-c2cnc(OCC(F)(F)F)nc2)nn1Cc1ccccc1F.O=c1ccc(-c2cnc(OCC(F)(F)F)nc2)nn1Cc1ccoc1. The van der Waals surface area contributed by atoms with Gasteiger partial charge < -0.3 is 27.8 Å². The molecule has 2 aromatic carbocycles. The molecule has 0 aliphatic carbocycles. The lowest BCUT2D eigenvalue weighted by molar-refractivity contribution is -0.155. The second-order valence-corrected chi connectivity index (χ2v) is 21.8. The lowest BCUT2D eigenvalue weighted by Crippen LogP contribution is -2.23. The smallest absolute Gasteiger partial charge is 0.422 e. The summed E-state index contributed by atoms with van der Waals surface area (Å²) in [5.41, 5.74) is 2.02. The van der Waals surface area contributed by atoms with Crippen LogP contribution in [0.25, 0.3) is 45.0 Å². The van der Waals surface area contributed by atoms with E-state index in [2.05, 4.69) is 84.2 Å². The van der Waals surface area contributed by atoms with Crippen molar-refractivity contribution in [3.05, 3.63) is 253 Å². The molecule has 0 bridgehead atoms. The Morgan fingerprint density at radius 1 is 0.389 bits per heavy atom. The second-order valence-electron chi connectivity index (χ2n) is 21.8. The number of furan rings is 1. The molecule has 0 aliphatic rings. The van der Waals surface area contributed by atoms with Gasteiger partial charge in [0.25, 0.3) is 22.2 Å². The van der Waals surface area contributed by atoms with E-state index in [1.54, 1.807) is 19.1 Å². The minimum atomic E-state index is -4.54. The van der Waals surface area contributed by atoms with Gasteiger partial charge in [-0.25, -0.2) is 68.0 Å². The van der Waals surface area contributed by atoms with Crippen LogP contribution < -0.4 is 41.2 Å². The maximum atomic E-state index is 13.8. The van der Waals surface area contributed by atoms with Crippen LogP contribution in [0.4, 0.5) is 70.2 Å². The van der Waals surface area contributed by atoms with Gasteiger partial charge in [0.05, 0.1) is 67.0 Å². The van der Waals surface area contributed by atoms with Crippen LogP contribution in [0.5, 0.6) is 24.0 Å². The molecular formula is C65H47F16N17O10. The zero-order valence-corrected chi connectivity index (χ0v) is 54.6. The van der Waals surface area contributed by atoms with E-state index in [4.69, 9.17) is 8.83 Å². The third-order valence-corrected chi connectivity index (χ3v) is 13.4. The Bertz CT molecular complexity index is 5200. The topological polar surface area (TPSA) is 319 Å². The highest BCUT2D eigenvalue weighted by atomic mass is 19.4. The fraction of sp³-hybridized carbons (Fsp3) is 0.215. The first-order valence-electron chi connectivity index (χ1n) is 30.3. The van der Waals surface area contributed by atoms with Crippen LogP contribution in [-0.2, 0) is 32.4 Å². The summed E-state index contributed by atoms with van der Waals surface area (Å²) in [6, 6.07) is 21.2. The van der Waals surface area contributed by atoms with Crippen LogP contribution in [0.3, 0.4) is 0 Å². The van der Waals surface area contributed by atoms with Crippen molar-refractivity contribution >= 4 is 0 Å². The van der Waals surface area contributed by atoms with Crippen LogP contribution in [0.2, 0.25) is 0 Å². The largest absolute Gasteiger partial charge is 0.472 e. The van der Waals surface area contributed by atoms with Crippen LogP contribution in [0.1, 0.15) is 33.8 Å². The van der Waals surface area contributed by atoms with Gasteiger partial charge in [0.15, 0.2) is 32.3 Å². The van der Waals surface area contributed by atoms with Gasteiger partial charge in [-0.3, -0.25) is 19.2 Å². The molecule has 0 fully saturated rings. The number of nitrogens with zero attached hydrogens (tertiary/aromatic N) is 17. The standard InChI is InChI=1S/C18H12F6N4O2.C17H12F4N4O2.C15H12F3N5O3.C15H11F3N4O3/c19-17(20,21)10-30-16-25-7-12(8-26-16)14-4-5-15(29)28(27-14)9-11-2-1-3-13(6-11)18(22,23)24;18-13-4-2-1-3-11(13)9-25-15(26)6-5-14(24-25)12-7-22-16(23-8-12)27-10-17(19,20)21;1-9-21-11(7-25-9)6-23-13(24)3-2-12(22-23)10-4-19-14(20-5-10)26-8-15(16,17)18;16-15(17,18)9-25-14-19-5-11(6-20-14)12-1-2-13(23)22(21-12)7-10-3-4-24-8-10/h1-8H,9-10H2;1-8H,9-10H2;2-5,7H,6,8H2,1H3;1-6,8H,7,9H2. The number of hydrogen-bond donors (Lipinski definition) is 0. The molecule has 0 N–H and O–H groups in total. The van der Waals surface area contributed by atoms with Gasteiger partial charge in [0.2, 0.25) is 0 Å². The Hall–Kier alpha value is -13.2. The van der Waals surface area contributed by atoms with E-state index >= 15 is 0 Å². The molecule has 0 saturated carbocycles. The van der Waals surface area contributed by atoms with Crippen molar-refractivity contribution in [2.75, 3.05) is 26.4 Å². The Labute approximate surface area is 592 Å². The van der Waals surface area contributed by atoms with E-state index in [0.717, 1.165) is 45.5 Å². The molecule has 27 nitrogen and oxygen atoms in total. The average Bonchev–Trinajstić information content (AvgIpc) is 0.836. The molecule has 0 atom stereocenters. The number of benzene rings is 2. The van der Waals surface area contributed by atoms with Crippen LogP contribution in [-0.4, -0.2) is 135 Å². The molecule has 108 heavy (non-hydrogen) atoms.